The Kier molecular flexibility index (Phi) is 5.72. The van der Waals surface area contributed by atoms with Gasteiger partial charge in [0.15, 0.2) is 0 Å². The molecule has 0 aromatic heterocycles. The highest BCUT2D eigenvalue weighted by Crippen LogP contribution is 1.86. The van der Waals surface area contributed by atoms with Crippen LogP contribution in [0, 0.1) is 0 Å². The van der Waals surface area contributed by atoms with E-state index in [-0.39, 0.29) is 11.9 Å². The van der Waals surface area contributed by atoms with Crippen molar-refractivity contribution >= 4 is 5.91 Å². The molecule has 12 heavy (non-hydrogen) atoms. The van der Waals surface area contributed by atoms with Crippen LogP contribution in [0.4, 0.5) is 0 Å². The van der Waals surface area contributed by atoms with E-state index in [1.54, 1.807) is 0 Å². The SMILES string of the molecule is CCC(C)NC(=O)CNC(C)C. The van der Waals surface area contributed by atoms with Crippen LogP contribution in [-0.2, 0) is 4.79 Å². The Hall–Kier alpha value is -0.570. The Morgan fingerprint density at radius 3 is 2.33 bits per heavy atom. The number of nitrogens with one attached hydrogen (secondary N) is 2. The van der Waals surface area contributed by atoms with Crippen LogP contribution in [-0.4, -0.2) is 24.5 Å². The van der Waals surface area contributed by atoms with E-state index in [0.717, 1.165) is 6.42 Å². The van der Waals surface area contributed by atoms with Crippen LogP contribution in [0.1, 0.15) is 34.1 Å². The quantitative estimate of drug-likeness (QED) is 0.647. The predicted molar refractivity (Wildman–Crippen MR) is 51.0 cm³/mol. The third-order valence-corrected chi connectivity index (χ3v) is 1.69. The number of amides is 1. The summed E-state index contributed by atoms with van der Waals surface area (Å²) in [6.07, 6.45) is 0.980. The summed E-state index contributed by atoms with van der Waals surface area (Å²) in [6.45, 7) is 8.53. The van der Waals surface area contributed by atoms with Gasteiger partial charge in [-0.15, -0.1) is 0 Å². The minimum atomic E-state index is 0.0815. The van der Waals surface area contributed by atoms with Crippen LogP contribution >= 0.6 is 0 Å². The van der Waals surface area contributed by atoms with E-state index in [2.05, 4.69) is 17.6 Å². The second kappa shape index (κ2) is 6.00. The molecule has 0 rings (SSSR count). The van der Waals surface area contributed by atoms with Crippen molar-refractivity contribution in [2.24, 2.45) is 0 Å². The molecule has 3 heteroatoms. The molecule has 1 unspecified atom stereocenters. The Morgan fingerprint density at radius 1 is 1.33 bits per heavy atom. The Balaban J connectivity index is 3.46. The largest absolute Gasteiger partial charge is 0.353 e. The molecule has 0 aliphatic rings. The topological polar surface area (TPSA) is 41.1 Å². The lowest BCUT2D eigenvalue weighted by atomic mass is 10.2. The van der Waals surface area contributed by atoms with E-state index in [4.69, 9.17) is 0 Å². The van der Waals surface area contributed by atoms with Gasteiger partial charge in [0.25, 0.3) is 0 Å². The molecule has 0 radical (unpaired) electrons. The van der Waals surface area contributed by atoms with Crippen molar-refractivity contribution in [3.05, 3.63) is 0 Å². The Bertz CT molecular complexity index is 134. The van der Waals surface area contributed by atoms with Crippen LogP contribution in [0.2, 0.25) is 0 Å². The fourth-order valence-electron chi connectivity index (χ4n) is 0.725. The highest BCUT2D eigenvalue weighted by atomic mass is 16.1. The van der Waals surface area contributed by atoms with Crippen LogP contribution in [0.25, 0.3) is 0 Å². The third kappa shape index (κ3) is 6.16. The fourth-order valence-corrected chi connectivity index (χ4v) is 0.725. The van der Waals surface area contributed by atoms with Gasteiger partial charge in [-0.1, -0.05) is 20.8 Å². The van der Waals surface area contributed by atoms with Gasteiger partial charge in [0, 0.05) is 12.1 Å². The van der Waals surface area contributed by atoms with E-state index >= 15 is 0 Å². The van der Waals surface area contributed by atoms with Gasteiger partial charge in [0.1, 0.15) is 0 Å². The molecule has 1 amide bonds. The number of hydrogen-bond donors (Lipinski definition) is 2. The van der Waals surface area contributed by atoms with Crippen molar-refractivity contribution in [3.63, 3.8) is 0 Å². The normalized spacial score (nSPS) is 13.1. The molecule has 0 aromatic rings. The fraction of sp³-hybridized carbons (Fsp3) is 0.889. The van der Waals surface area contributed by atoms with Crippen LogP contribution in [0.3, 0.4) is 0 Å². The van der Waals surface area contributed by atoms with Gasteiger partial charge < -0.3 is 10.6 Å². The molecule has 72 valence electrons. The second-order valence-corrected chi connectivity index (χ2v) is 3.41. The molecule has 0 saturated carbocycles. The summed E-state index contributed by atoms with van der Waals surface area (Å²) in [5.41, 5.74) is 0. The summed E-state index contributed by atoms with van der Waals surface area (Å²) in [5, 5.41) is 5.95. The molecule has 1 atom stereocenters. The monoisotopic (exact) mass is 172 g/mol. The van der Waals surface area contributed by atoms with Gasteiger partial charge in [-0.25, -0.2) is 0 Å². The lowest BCUT2D eigenvalue weighted by Gasteiger charge is -2.12. The van der Waals surface area contributed by atoms with Gasteiger partial charge in [-0.3, -0.25) is 4.79 Å². The Morgan fingerprint density at radius 2 is 1.92 bits per heavy atom. The number of rotatable bonds is 5. The van der Waals surface area contributed by atoms with Crippen LogP contribution in [0.5, 0.6) is 0 Å². The minimum absolute atomic E-state index is 0.0815. The molecule has 0 aliphatic heterocycles. The van der Waals surface area contributed by atoms with E-state index < -0.39 is 0 Å². The van der Waals surface area contributed by atoms with Crippen molar-refractivity contribution < 1.29 is 4.79 Å². The van der Waals surface area contributed by atoms with E-state index in [1.165, 1.54) is 0 Å². The van der Waals surface area contributed by atoms with Crippen molar-refractivity contribution in [1.29, 1.82) is 0 Å². The maximum absolute atomic E-state index is 11.1. The second-order valence-electron chi connectivity index (χ2n) is 3.41. The highest BCUT2D eigenvalue weighted by Gasteiger charge is 2.04. The van der Waals surface area contributed by atoms with E-state index in [0.29, 0.717) is 12.6 Å². The van der Waals surface area contributed by atoms with Crippen LogP contribution in [0.15, 0.2) is 0 Å². The summed E-state index contributed by atoms with van der Waals surface area (Å²) >= 11 is 0. The smallest absolute Gasteiger partial charge is 0.234 e. The zero-order chi connectivity index (χ0) is 9.56. The molecule has 0 saturated heterocycles. The highest BCUT2D eigenvalue weighted by molar-refractivity contribution is 5.78. The third-order valence-electron chi connectivity index (χ3n) is 1.69. The average molecular weight is 172 g/mol. The average Bonchev–Trinajstić information content (AvgIpc) is 2.00. The van der Waals surface area contributed by atoms with Gasteiger partial charge in [-0.05, 0) is 13.3 Å². The lowest BCUT2D eigenvalue weighted by molar-refractivity contribution is -0.120. The first-order valence-electron chi connectivity index (χ1n) is 4.59. The zero-order valence-corrected chi connectivity index (χ0v) is 8.48. The molecule has 0 bridgehead atoms. The molecule has 0 heterocycles. The molecular weight excluding hydrogens is 152 g/mol. The molecular formula is C9H20N2O. The van der Waals surface area contributed by atoms with Gasteiger partial charge in [0.05, 0.1) is 6.54 Å². The Labute approximate surface area is 74.9 Å². The molecule has 0 aliphatic carbocycles. The van der Waals surface area contributed by atoms with Crippen molar-refractivity contribution in [2.45, 2.75) is 46.2 Å². The minimum Gasteiger partial charge on any atom is -0.353 e. The predicted octanol–water partition coefficient (Wildman–Crippen LogP) is 0.899. The van der Waals surface area contributed by atoms with E-state index in [1.807, 2.05) is 20.8 Å². The maximum atomic E-state index is 11.1. The summed E-state index contributed by atoms with van der Waals surface area (Å²) in [5.74, 6) is 0.0815. The standard InChI is InChI=1S/C9H20N2O/c1-5-8(4)11-9(12)6-10-7(2)3/h7-8,10H,5-6H2,1-4H3,(H,11,12). The van der Waals surface area contributed by atoms with Crippen molar-refractivity contribution in [1.82, 2.24) is 10.6 Å². The molecule has 0 spiro atoms. The summed E-state index contributed by atoms with van der Waals surface area (Å²) < 4.78 is 0. The van der Waals surface area contributed by atoms with Gasteiger partial charge >= 0.3 is 0 Å². The van der Waals surface area contributed by atoms with Crippen molar-refractivity contribution in [3.8, 4) is 0 Å². The number of hydrogen-bond acceptors (Lipinski definition) is 2. The molecule has 0 fully saturated rings. The zero-order valence-electron chi connectivity index (χ0n) is 8.48. The lowest BCUT2D eigenvalue weighted by Crippen LogP contribution is -2.40. The van der Waals surface area contributed by atoms with E-state index in [9.17, 15) is 4.79 Å². The van der Waals surface area contributed by atoms with Gasteiger partial charge in [0.2, 0.25) is 5.91 Å². The summed E-state index contributed by atoms with van der Waals surface area (Å²) in [6, 6.07) is 0.652. The molecule has 2 N–H and O–H groups in total. The first-order valence-corrected chi connectivity index (χ1v) is 4.59. The summed E-state index contributed by atoms with van der Waals surface area (Å²) in [7, 11) is 0. The molecule has 0 aromatic carbocycles. The first kappa shape index (κ1) is 11.4. The van der Waals surface area contributed by atoms with Crippen molar-refractivity contribution in [2.75, 3.05) is 6.54 Å². The molecule has 3 nitrogen and oxygen atoms in total. The first-order chi connectivity index (χ1) is 5.56. The van der Waals surface area contributed by atoms with Gasteiger partial charge in [-0.2, -0.15) is 0 Å². The maximum Gasteiger partial charge on any atom is 0.234 e. The number of carbonyl (C=O) groups excluding carboxylic acids is 1. The summed E-state index contributed by atoms with van der Waals surface area (Å²) in [4.78, 5) is 11.1. The van der Waals surface area contributed by atoms with Crippen LogP contribution < -0.4 is 10.6 Å². The number of carbonyl (C=O) groups is 1.